The number of carbonyl (C=O) groups is 1. The van der Waals surface area contributed by atoms with Gasteiger partial charge in [-0.1, -0.05) is 12.1 Å². The monoisotopic (exact) mass is 366 g/mol. The predicted octanol–water partition coefficient (Wildman–Crippen LogP) is 4.66. The summed E-state index contributed by atoms with van der Waals surface area (Å²) in [7, 11) is 0. The maximum atomic E-state index is 12.6. The standard InChI is InChI=1S/C17H13F3N2O2S/c1-10-14(15(23)21-9-13-3-2-8-24-13)25-16(22-10)11-4-6-12(7-5-11)17(18,19)20/h2-8H,9H2,1H3,(H,21,23). The second-order valence-electron chi connectivity index (χ2n) is 5.27. The number of halogens is 3. The number of nitrogens with zero attached hydrogens (tertiary/aromatic N) is 1. The first-order valence-corrected chi connectivity index (χ1v) is 8.12. The highest BCUT2D eigenvalue weighted by Crippen LogP contribution is 2.33. The van der Waals surface area contributed by atoms with Crippen LogP contribution in [0, 0.1) is 6.92 Å². The first-order chi connectivity index (χ1) is 11.8. The van der Waals surface area contributed by atoms with E-state index in [1.54, 1.807) is 19.1 Å². The predicted molar refractivity (Wildman–Crippen MR) is 87.2 cm³/mol. The summed E-state index contributed by atoms with van der Waals surface area (Å²) in [5.41, 5.74) is 0.337. The lowest BCUT2D eigenvalue weighted by Gasteiger charge is -2.06. The van der Waals surface area contributed by atoms with Crippen molar-refractivity contribution < 1.29 is 22.4 Å². The minimum atomic E-state index is -4.38. The number of amides is 1. The Kier molecular flexibility index (Phi) is 4.63. The SMILES string of the molecule is Cc1nc(-c2ccc(C(F)(F)F)cc2)sc1C(=O)NCc1ccco1. The summed E-state index contributed by atoms with van der Waals surface area (Å²) in [6.45, 7) is 1.94. The summed E-state index contributed by atoms with van der Waals surface area (Å²) in [6.07, 6.45) is -2.86. The van der Waals surface area contributed by atoms with Gasteiger partial charge in [-0.05, 0) is 31.2 Å². The van der Waals surface area contributed by atoms with Crippen LogP contribution in [0.25, 0.3) is 10.6 Å². The van der Waals surface area contributed by atoms with E-state index in [-0.39, 0.29) is 12.5 Å². The van der Waals surface area contributed by atoms with E-state index in [1.165, 1.54) is 18.4 Å². The molecule has 3 aromatic rings. The van der Waals surface area contributed by atoms with Gasteiger partial charge >= 0.3 is 6.18 Å². The summed E-state index contributed by atoms with van der Waals surface area (Å²) in [5.74, 6) is 0.322. The van der Waals surface area contributed by atoms with Crippen molar-refractivity contribution in [1.82, 2.24) is 10.3 Å². The van der Waals surface area contributed by atoms with Crippen molar-refractivity contribution in [3.63, 3.8) is 0 Å². The minimum absolute atomic E-state index is 0.249. The van der Waals surface area contributed by atoms with Crippen LogP contribution in [-0.4, -0.2) is 10.9 Å². The van der Waals surface area contributed by atoms with Gasteiger partial charge in [0, 0.05) is 5.56 Å². The summed E-state index contributed by atoms with van der Waals surface area (Å²) < 4.78 is 43.0. The third-order valence-electron chi connectivity index (χ3n) is 3.47. The lowest BCUT2D eigenvalue weighted by Crippen LogP contribution is -2.22. The number of rotatable bonds is 4. The Labute approximate surface area is 145 Å². The summed E-state index contributed by atoms with van der Waals surface area (Å²) >= 11 is 1.14. The second-order valence-corrected chi connectivity index (χ2v) is 6.27. The van der Waals surface area contributed by atoms with E-state index in [9.17, 15) is 18.0 Å². The molecule has 0 fully saturated rings. The topological polar surface area (TPSA) is 55.1 Å². The first kappa shape index (κ1) is 17.2. The highest BCUT2D eigenvalue weighted by molar-refractivity contribution is 7.17. The number of nitrogens with one attached hydrogen (secondary N) is 1. The van der Waals surface area contributed by atoms with Gasteiger partial charge in [-0.3, -0.25) is 4.79 Å². The Balaban J connectivity index is 1.76. The van der Waals surface area contributed by atoms with Gasteiger partial charge in [-0.25, -0.2) is 4.98 Å². The van der Waals surface area contributed by atoms with Crippen molar-refractivity contribution >= 4 is 17.2 Å². The van der Waals surface area contributed by atoms with Gasteiger partial charge in [0.25, 0.3) is 5.91 Å². The maximum absolute atomic E-state index is 12.6. The van der Waals surface area contributed by atoms with Gasteiger partial charge in [0.15, 0.2) is 0 Å². The van der Waals surface area contributed by atoms with Gasteiger partial charge in [0.2, 0.25) is 0 Å². The Morgan fingerprint density at radius 2 is 1.96 bits per heavy atom. The third-order valence-corrected chi connectivity index (χ3v) is 4.67. The molecule has 0 unspecified atom stereocenters. The van der Waals surface area contributed by atoms with Crippen molar-refractivity contribution in [2.45, 2.75) is 19.6 Å². The average molecular weight is 366 g/mol. The molecule has 0 aliphatic carbocycles. The molecule has 0 bridgehead atoms. The molecule has 0 saturated heterocycles. The maximum Gasteiger partial charge on any atom is 0.416 e. The Bertz CT molecular complexity index is 868. The van der Waals surface area contributed by atoms with Crippen LogP contribution in [0.3, 0.4) is 0 Å². The number of aromatic nitrogens is 1. The molecular formula is C17H13F3N2O2S. The smallest absolute Gasteiger partial charge is 0.416 e. The van der Waals surface area contributed by atoms with Crippen LogP contribution >= 0.6 is 11.3 Å². The van der Waals surface area contributed by atoms with Gasteiger partial charge in [0.05, 0.1) is 24.1 Å². The molecule has 2 aromatic heterocycles. The van der Waals surface area contributed by atoms with Crippen molar-refractivity contribution in [2.24, 2.45) is 0 Å². The van der Waals surface area contributed by atoms with Gasteiger partial charge in [-0.2, -0.15) is 13.2 Å². The van der Waals surface area contributed by atoms with E-state index >= 15 is 0 Å². The van der Waals surface area contributed by atoms with Gasteiger partial charge < -0.3 is 9.73 Å². The summed E-state index contributed by atoms with van der Waals surface area (Å²) in [5, 5.41) is 3.22. The Morgan fingerprint density at radius 3 is 2.56 bits per heavy atom. The number of benzene rings is 1. The highest BCUT2D eigenvalue weighted by atomic mass is 32.1. The van der Waals surface area contributed by atoms with Crippen molar-refractivity contribution in [2.75, 3.05) is 0 Å². The molecule has 1 aromatic carbocycles. The first-order valence-electron chi connectivity index (χ1n) is 7.30. The number of hydrogen-bond donors (Lipinski definition) is 1. The molecule has 8 heteroatoms. The van der Waals surface area contributed by atoms with Crippen LogP contribution in [0.5, 0.6) is 0 Å². The Hall–Kier alpha value is -2.61. The Morgan fingerprint density at radius 1 is 1.24 bits per heavy atom. The van der Waals surface area contributed by atoms with Crippen LogP contribution in [0.4, 0.5) is 13.2 Å². The van der Waals surface area contributed by atoms with Crippen LogP contribution in [0.2, 0.25) is 0 Å². The number of carbonyl (C=O) groups excluding carboxylic acids is 1. The molecule has 0 spiro atoms. The largest absolute Gasteiger partial charge is 0.467 e. The highest BCUT2D eigenvalue weighted by Gasteiger charge is 2.30. The zero-order valence-corrected chi connectivity index (χ0v) is 13.9. The zero-order valence-electron chi connectivity index (χ0n) is 13.1. The second kappa shape index (κ2) is 6.72. The van der Waals surface area contributed by atoms with E-state index in [0.717, 1.165) is 23.5 Å². The molecule has 0 radical (unpaired) electrons. The number of thiazole rings is 1. The average Bonchev–Trinajstić information content (AvgIpc) is 3.21. The number of aryl methyl sites for hydroxylation is 1. The molecule has 25 heavy (non-hydrogen) atoms. The molecule has 0 aliphatic rings. The third kappa shape index (κ3) is 3.90. The van der Waals surface area contributed by atoms with Crippen molar-refractivity contribution in [3.05, 3.63) is 64.6 Å². The molecule has 0 atom stereocenters. The van der Waals surface area contributed by atoms with E-state index < -0.39 is 11.7 Å². The fraction of sp³-hybridized carbons (Fsp3) is 0.176. The van der Waals surface area contributed by atoms with Crippen LogP contribution < -0.4 is 5.32 Å². The molecule has 3 rings (SSSR count). The van der Waals surface area contributed by atoms with E-state index in [2.05, 4.69) is 10.3 Å². The molecule has 130 valence electrons. The van der Waals surface area contributed by atoms with Gasteiger partial charge in [0.1, 0.15) is 15.6 Å². The van der Waals surface area contributed by atoms with E-state index in [0.29, 0.717) is 26.9 Å². The zero-order chi connectivity index (χ0) is 18.0. The van der Waals surface area contributed by atoms with Gasteiger partial charge in [-0.15, -0.1) is 11.3 Å². The normalized spacial score (nSPS) is 11.5. The molecule has 0 aliphatic heterocycles. The van der Waals surface area contributed by atoms with E-state index in [4.69, 9.17) is 4.42 Å². The molecular weight excluding hydrogens is 353 g/mol. The number of alkyl halides is 3. The summed E-state index contributed by atoms with van der Waals surface area (Å²) in [4.78, 5) is 17.0. The molecule has 1 amide bonds. The van der Waals surface area contributed by atoms with Crippen molar-refractivity contribution in [1.29, 1.82) is 0 Å². The van der Waals surface area contributed by atoms with E-state index in [1.807, 2.05) is 0 Å². The fourth-order valence-electron chi connectivity index (χ4n) is 2.19. The lowest BCUT2D eigenvalue weighted by molar-refractivity contribution is -0.137. The fourth-order valence-corrected chi connectivity index (χ4v) is 3.18. The molecule has 2 heterocycles. The number of hydrogen-bond acceptors (Lipinski definition) is 4. The lowest BCUT2D eigenvalue weighted by atomic mass is 10.1. The number of furan rings is 1. The molecule has 4 nitrogen and oxygen atoms in total. The quantitative estimate of drug-likeness (QED) is 0.731. The van der Waals surface area contributed by atoms with Crippen LogP contribution in [0.15, 0.2) is 47.1 Å². The summed E-state index contributed by atoms with van der Waals surface area (Å²) in [6, 6.07) is 8.18. The van der Waals surface area contributed by atoms with Crippen LogP contribution in [0.1, 0.15) is 26.7 Å². The van der Waals surface area contributed by atoms with Crippen LogP contribution in [-0.2, 0) is 12.7 Å². The molecule has 1 N–H and O–H groups in total. The molecule has 0 saturated carbocycles. The van der Waals surface area contributed by atoms with Crippen molar-refractivity contribution in [3.8, 4) is 10.6 Å². The minimum Gasteiger partial charge on any atom is -0.467 e.